The number of halogens is 2. The van der Waals surface area contributed by atoms with Gasteiger partial charge in [0, 0.05) is 115 Å². The van der Waals surface area contributed by atoms with Gasteiger partial charge < -0.3 is 75.9 Å². The van der Waals surface area contributed by atoms with E-state index in [1.54, 1.807) is 0 Å². The largest absolute Gasteiger partial charge is 0.370 e. The zero-order chi connectivity index (χ0) is 70.6. The average molecular weight is 1560 g/mol. The Balaban J connectivity index is 0.000000307. The predicted octanol–water partition coefficient (Wildman–Crippen LogP) is 1.49. The number of ketones is 2. The number of guanidine groups is 2. The topological polar surface area (TPSA) is 472 Å². The number of Topliss-reactive ketones (excluding diaryl/α,β-unsaturated/α-hetero) is 2. The number of fused-ring (bicyclic) bond motifs is 1. The Morgan fingerprint density at radius 2 is 0.938 bits per heavy atom. The molecule has 28 nitrogen and oxygen atoms in total. The van der Waals surface area contributed by atoms with Crippen LogP contribution in [0.4, 0.5) is 0 Å². The fourth-order valence-corrected chi connectivity index (χ4v) is 11.6. The van der Waals surface area contributed by atoms with E-state index in [0.717, 1.165) is 35.0 Å². The van der Waals surface area contributed by atoms with Gasteiger partial charge in [-0.15, -0.1) is 0 Å². The fraction of sp³-hybridized carbons (Fsp3) is 0.373. The molecule has 3 heterocycles. The molecule has 516 valence electrons. The number of carbonyl (C=O) groups is 10. The average Bonchev–Trinajstić information content (AvgIpc) is 0.844. The summed E-state index contributed by atoms with van der Waals surface area (Å²) in [7, 11) is 0. The predicted molar refractivity (Wildman–Crippen MR) is 380 cm³/mol. The molecule has 7 rings (SSSR count). The highest BCUT2D eigenvalue weighted by Crippen LogP contribution is 2.25. The third-order valence-corrected chi connectivity index (χ3v) is 17.4. The van der Waals surface area contributed by atoms with Crippen LogP contribution >= 0.6 is 45.2 Å². The number of rotatable bonds is 35. The summed E-state index contributed by atoms with van der Waals surface area (Å²) in [5.41, 5.74) is 38.6. The van der Waals surface area contributed by atoms with Crippen LogP contribution < -0.4 is 61.0 Å². The van der Waals surface area contributed by atoms with Gasteiger partial charge in [0.2, 0.25) is 47.3 Å². The Bertz CT molecular complexity index is 3680. The smallest absolute Gasteiger partial charge is 0.243 e. The summed E-state index contributed by atoms with van der Waals surface area (Å²) in [5.74, 6) is -7.07. The van der Waals surface area contributed by atoms with Crippen molar-refractivity contribution < 1.29 is 47.9 Å². The summed E-state index contributed by atoms with van der Waals surface area (Å²) in [6, 6.07) is 25.9. The minimum Gasteiger partial charge on any atom is -0.370 e. The molecule has 97 heavy (non-hydrogen) atoms. The summed E-state index contributed by atoms with van der Waals surface area (Å²) in [4.78, 5) is 155. The normalized spacial score (nSPS) is 14.5. The van der Waals surface area contributed by atoms with Crippen LogP contribution in [0.15, 0.2) is 138 Å². The van der Waals surface area contributed by atoms with E-state index in [-0.39, 0.29) is 101 Å². The molecule has 4 aromatic carbocycles. The highest BCUT2D eigenvalue weighted by Gasteiger charge is 2.37. The minimum absolute atomic E-state index is 0.0766. The van der Waals surface area contributed by atoms with Crippen molar-refractivity contribution in [2.75, 3.05) is 13.1 Å². The van der Waals surface area contributed by atoms with Crippen molar-refractivity contribution in [2.45, 2.75) is 134 Å². The number of primary amides is 2. The van der Waals surface area contributed by atoms with E-state index >= 15 is 0 Å². The third kappa shape index (κ3) is 26.2. The molecule has 6 aromatic rings. The van der Waals surface area contributed by atoms with Gasteiger partial charge in [0.25, 0.3) is 0 Å². The van der Waals surface area contributed by atoms with Gasteiger partial charge in [-0.1, -0.05) is 78.9 Å². The zero-order valence-electron chi connectivity index (χ0n) is 53.9. The standard InChI is InChI=1S/C34H42IN9O5.C33H42IN9O5/c1-20(45)44-18-24-6-3-2-5-22(24)14-29(44)33(49)42-27(13-21-8-10-25(35)11-9-21)30(46)15-23(7-4-12-40-34(37)38)32(48)43-28(31(36)47)16-26-17-39-19-41-26;1-20(44)41-28(15-21-6-3-2-4-7-21)32(48)42-26(14-22-9-11-24(34)12-10-22)29(45)16-23(8-5-13-39-33(36)37)31(47)43-27(30(35)46)17-25-18-38-19-40-25/h2-3,5-6,8-11,17,19,23,27-29H,4,7,12-16,18H2,1H3,(H2,36,47)(H,39,41)(H,42,49)(H,43,48)(H4,37,38,40);2-4,6-7,9-12,18-19,23,26-28H,5,8,13-17H2,1H3,(H2,35,46)(H,38,40)(H,41,44)(H,42,48)(H,43,47)(H4,36,37,39)/t23-,27-,28+,29+;23-,26-,27+,28+/m00/s1. The van der Waals surface area contributed by atoms with Gasteiger partial charge in [-0.3, -0.25) is 57.9 Å². The molecular weight excluding hydrogens is 1470 g/mol. The molecule has 0 aliphatic carbocycles. The first-order chi connectivity index (χ1) is 46.3. The Kier molecular flexibility index (Phi) is 30.6. The lowest BCUT2D eigenvalue weighted by atomic mass is 9.89. The SMILES string of the molecule is CC(=O)N1Cc2ccccc2C[C@@H]1C(=O)N[C@@H](Cc1ccc(I)cc1)C(=O)C[C@H](CCCN=C(N)N)C(=O)N[C@H](Cc1cnc[nH]1)C(N)=O.CC(=O)N[C@H](Cc1ccccc1)C(=O)N[C@@H](Cc1ccc(I)cc1)C(=O)C[C@H](CCCN=C(N)N)C(=O)N[C@H](Cc1cnc[nH]1)C(N)=O. The molecule has 0 bridgehead atoms. The second-order valence-electron chi connectivity index (χ2n) is 23.5. The first-order valence-corrected chi connectivity index (χ1v) is 33.5. The maximum absolute atomic E-state index is 14.1. The van der Waals surface area contributed by atoms with Crippen LogP contribution in [-0.2, 0) is 93.0 Å². The number of hydrogen-bond donors (Lipinski definition) is 13. The number of nitrogens with zero attached hydrogens (tertiary/aromatic N) is 5. The highest BCUT2D eigenvalue weighted by atomic mass is 127. The van der Waals surface area contributed by atoms with E-state index in [1.807, 2.05) is 103 Å². The van der Waals surface area contributed by atoms with Crippen LogP contribution in [0.1, 0.15) is 91.6 Å². The number of aliphatic imine (C=N–C) groups is 2. The number of aromatic amines is 2. The van der Waals surface area contributed by atoms with Crippen LogP contribution in [0.3, 0.4) is 0 Å². The Labute approximate surface area is 589 Å². The molecule has 1 aliphatic rings. The highest BCUT2D eigenvalue weighted by molar-refractivity contribution is 14.1. The summed E-state index contributed by atoms with van der Waals surface area (Å²) < 4.78 is 2.00. The van der Waals surface area contributed by atoms with Crippen molar-refractivity contribution in [1.29, 1.82) is 0 Å². The number of carbonyl (C=O) groups excluding carboxylic acids is 10. The van der Waals surface area contributed by atoms with Gasteiger partial charge in [0.15, 0.2) is 23.5 Å². The van der Waals surface area contributed by atoms with Crippen LogP contribution in [0, 0.1) is 19.0 Å². The number of aromatic nitrogens is 4. The van der Waals surface area contributed by atoms with E-state index in [9.17, 15) is 47.9 Å². The Morgan fingerprint density at radius 3 is 1.36 bits per heavy atom. The quantitative estimate of drug-likeness (QED) is 0.0116. The molecule has 0 radical (unpaired) electrons. The van der Waals surface area contributed by atoms with E-state index in [2.05, 4.69) is 102 Å². The van der Waals surface area contributed by atoms with Crippen LogP contribution in [0.25, 0.3) is 0 Å². The van der Waals surface area contributed by atoms with Gasteiger partial charge in [-0.2, -0.15) is 0 Å². The van der Waals surface area contributed by atoms with Gasteiger partial charge >= 0.3 is 0 Å². The first kappa shape index (κ1) is 76.4. The molecule has 2 aromatic heterocycles. The van der Waals surface area contributed by atoms with Crippen molar-refractivity contribution >= 4 is 116 Å². The van der Waals surface area contributed by atoms with Crippen molar-refractivity contribution in [3.8, 4) is 0 Å². The molecule has 0 fully saturated rings. The number of amides is 8. The molecule has 1 aliphatic heterocycles. The molecule has 0 saturated heterocycles. The van der Waals surface area contributed by atoms with E-state index in [0.29, 0.717) is 30.7 Å². The molecule has 8 atom stereocenters. The number of nitrogens with two attached hydrogens (primary N) is 6. The van der Waals surface area contributed by atoms with Crippen molar-refractivity contribution in [1.82, 2.24) is 51.4 Å². The zero-order valence-corrected chi connectivity index (χ0v) is 58.2. The van der Waals surface area contributed by atoms with Crippen molar-refractivity contribution in [3.05, 3.63) is 175 Å². The van der Waals surface area contributed by atoms with E-state index in [4.69, 9.17) is 34.4 Å². The number of H-pyrrole nitrogens is 2. The number of hydrogen-bond acceptors (Lipinski definition) is 14. The molecular formula is C67H84I2N18O10. The van der Waals surface area contributed by atoms with Gasteiger partial charge in [0.05, 0.1) is 24.7 Å². The van der Waals surface area contributed by atoms with Crippen molar-refractivity contribution in [2.24, 2.45) is 56.2 Å². The van der Waals surface area contributed by atoms with Crippen LogP contribution in [0.2, 0.25) is 0 Å². The molecule has 0 spiro atoms. The van der Waals surface area contributed by atoms with Crippen molar-refractivity contribution in [3.63, 3.8) is 0 Å². The summed E-state index contributed by atoms with van der Waals surface area (Å²) in [6.07, 6.45) is 7.54. The number of imidazole rings is 2. The lowest BCUT2D eigenvalue weighted by molar-refractivity contribution is -0.141. The lowest BCUT2D eigenvalue weighted by Gasteiger charge is -2.36. The van der Waals surface area contributed by atoms with Crippen LogP contribution in [-0.4, -0.2) is 145 Å². The molecule has 0 unspecified atom stereocenters. The maximum Gasteiger partial charge on any atom is 0.243 e. The summed E-state index contributed by atoms with van der Waals surface area (Å²) in [5, 5.41) is 13.8. The van der Waals surface area contributed by atoms with Gasteiger partial charge in [0.1, 0.15) is 24.2 Å². The lowest BCUT2D eigenvalue weighted by Crippen LogP contribution is -2.55. The molecule has 8 amide bonds. The monoisotopic (exact) mass is 1550 g/mol. The molecule has 0 saturated carbocycles. The number of benzene rings is 4. The summed E-state index contributed by atoms with van der Waals surface area (Å²) >= 11 is 4.36. The third-order valence-electron chi connectivity index (χ3n) is 16.0. The summed E-state index contributed by atoms with van der Waals surface area (Å²) in [6.45, 7) is 3.45. The molecule has 19 N–H and O–H groups in total. The number of nitrogens with one attached hydrogen (secondary N) is 7. The Morgan fingerprint density at radius 1 is 0.515 bits per heavy atom. The van der Waals surface area contributed by atoms with E-state index in [1.165, 1.54) is 43.8 Å². The van der Waals surface area contributed by atoms with Gasteiger partial charge in [-0.05, 0) is 136 Å². The second-order valence-corrected chi connectivity index (χ2v) is 26.0. The molecule has 30 heteroatoms. The minimum atomic E-state index is -1.06. The van der Waals surface area contributed by atoms with E-state index < -0.39 is 95.2 Å². The second kappa shape index (κ2) is 38.8. The Hall–Kier alpha value is -9.60. The fourth-order valence-electron chi connectivity index (χ4n) is 10.9. The first-order valence-electron chi connectivity index (χ1n) is 31.4. The van der Waals surface area contributed by atoms with Gasteiger partial charge in [-0.25, -0.2) is 9.97 Å². The maximum atomic E-state index is 14.1. The van der Waals surface area contributed by atoms with Crippen LogP contribution in [0.5, 0.6) is 0 Å².